The Bertz CT molecular complexity index is 688. The third-order valence-electron chi connectivity index (χ3n) is 4.31. The van der Waals surface area contributed by atoms with Gasteiger partial charge in [0.15, 0.2) is 0 Å². The molecule has 1 heterocycles. The Morgan fingerprint density at radius 3 is 2.87 bits per heavy atom. The number of amides is 1. The molecule has 1 aliphatic rings. The van der Waals surface area contributed by atoms with Gasteiger partial charge in [-0.15, -0.1) is 0 Å². The van der Waals surface area contributed by atoms with Gasteiger partial charge in [0, 0.05) is 12.2 Å². The summed E-state index contributed by atoms with van der Waals surface area (Å²) in [6.07, 6.45) is 10.4. The standard InChI is InChI=1S/C19H23N3O/c1-15(17-10-6-3-7-11-17)21-19(23)18-12-20-22(14-18)13-16-8-4-2-5-9-16/h2,4-5,8-10,12,14-15H,3,6-7,11,13H2,1H3,(H,21,23). The second kappa shape index (κ2) is 7.27. The number of benzene rings is 1. The van der Waals surface area contributed by atoms with E-state index in [2.05, 4.69) is 35.5 Å². The van der Waals surface area contributed by atoms with Crippen molar-refractivity contribution in [3.63, 3.8) is 0 Å². The van der Waals surface area contributed by atoms with E-state index < -0.39 is 0 Å². The Kier molecular flexibility index (Phi) is 4.91. The van der Waals surface area contributed by atoms with Crippen LogP contribution in [-0.2, 0) is 6.54 Å². The van der Waals surface area contributed by atoms with Crippen molar-refractivity contribution in [2.45, 2.75) is 45.2 Å². The molecule has 0 saturated carbocycles. The third-order valence-corrected chi connectivity index (χ3v) is 4.31. The molecule has 0 radical (unpaired) electrons. The Morgan fingerprint density at radius 1 is 1.30 bits per heavy atom. The normalized spacial score (nSPS) is 15.8. The van der Waals surface area contributed by atoms with Crippen molar-refractivity contribution >= 4 is 5.91 Å². The van der Waals surface area contributed by atoms with Crippen molar-refractivity contribution in [2.75, 3.05) is 0 Å². The van der Waals surface area contributed by atoms with E-state index in [1.54, 1.807) is 10.9 Å². The summed E-state index contributed by atoms with van der Waals surface area (Å²) >= 11 is 0. The Morgan fingerprint density at radius 2 is 2.13 bits per heavy atom. The van der Waals surface area contributed by atoms with Crippen LogP contribution in [0.25, 0.3) is 0 Å². The van der Waals surface area contributed by atoms with Gasteiger partial charge in [0.25, 0.3) is 5.91 Å². The van der Waals surface area contributed by atoms with E-state index in [9.17, 15) is 4.79 Å². The van der Waals surface area contributed by atoms with Crippen LogP contribution in [0.15, 0.2) is 54.4 Å². The SMILES string of the molecule is CC(NC(=O)c1cnn(Cc2ccccc2)c1)C1=CCCCC1. The van der Waals surface area contributed by atoms with Gasteiger partial charge >= 0.3 is 0 Å². The molecule has 0 aliphatic heterocycles. The number of nitrogens with zero attached hydrogens (tertiary/aromatic N) is 2. The van der Waals surface area contributed by atoms with Gasteiger partial charge in [-0.3, -0.25) is 9.48 Å². The molecule has 1 aliphatic carbocycles. The van der Waals surface area contributed by atoms with E-state index >= 15 is 0 Å². The molecular weight excluding hydrogens is 286 g/mol. The fraction of sp³-hybridized carbons (Fsp3) is 0.368. The van der Waals surface area contributed by atoms with Gasteiger partial charge < -0.3 is 5.32 Å². The first-order valence-electron chi connectivity index (χ1n) is 8.28. The van der Waals surface area contributed by atoms with Crippen LogP contribution in [0.4, 0.5) is 0 Å². The van der Waals surface area contributed by atoms with Crippen molar-refractivity contribution in [2.24, 2.45) is 0 Å². The van der Waals surface area contributed by atoms with E-state index in [1.807, 2.05) is 24.4 Å². The van der Waals surface area contributed by atoms with Gasteiger partial charge in [-0.05, 0) is 38.2 Å². The lowest BCUT2D eigenvalue weighted by Gasteiger charge is -2.20. The van der Waals surface area contributed by atoms with Crippen LogP contribution in [0.2, 0.25) is 0 Å². The van der Waals surface area contributed by atoms with Crippen molar-refractivity contribution < 1.29 is 4.79 Å². The summed E-state index contributed by atoms with van der Waals surface area (Å²) in [6.45, 7) is 2.73. The number of hydrogen-bond donors (Lipinski definition) is 1. The minimum atomic E-state index is -0.0525. The maximum atomic E-state index is 12.4. The average molecular weight is 309 g/mol. The van der Waals surface area contributed by atoms with Gasteiger partial charge in [-0.2, -0.15) is 5.10 Å². The molecule has 0 saturated heterocycles. The molecule has 120 valence electrons. The number of carbonyl (C=O) groups is 1. The van der Waals surface area contributed by atoms with Gasteiger partial charge in [0.1, 0.15) is 0 Å². The van der Waals surface area contributed by atoms with Crippen LogP contribution in [0.5, 0.6) is 0 Å². The van der Waals surface area contributed by atoms with E-state index in [1.165, 1.54) is 24.0 Å². The molecule has 0 spiro atoms. The van der Waals surface area contributed by atoms with Gasteiger partial charge in [0.05, 0.1) is 18.3 Å². The monoisotopic (exact) mass is 309 g/mol. The molecule has 2 aromatic rings. The summed E-state index contributed by atoms with van der Waals surface area (Å²) in [4.78, 5) is 12.4. The molecule has 3 rings (SSSR count). The molecule has 0 bridgehead atoms. The Labute approximate surface area is 137 Å². The predicted octanol–water partition coefficient (Wildman–Crippen LogP) is 3.55. The molecule has 23 heavy (non-hydrogen) atoms. The maximum Gasteiger partial charge on any atom is 0.254 e. The van der Waals surface area contributed by atoms with Crippen LogP contribution in [0, 0.1) is 0 Å². The van der Waals surface area contributed by atoms with Crippen LogP contribution in [0.3, 0.4) is 0 Å². The molecule has 1 amide bonds. The minimum absolute atomic E-state index is 0.0525. The van der Waals surface area contributed by atoms with Gasteiger partial charge in [-0.1, -0.05) is 42.0 Å². The zero-order valence-corrected chi connectivity index (χ0v) is 13.5. The summed E-state index contributed by atoms with van der Waals surface area (Å²) < 4.78 is 1.80. The molecule has 1 N–H and O–H groups in total. The molecule has 4 nitrogen and oxygen atoms in total. The quantitative estimate of drug-likeness (QED) is 0.859. The van der Waals surface area contributed by atoms with E-state index in [0.717, 1.165) is 12.8 Å². The molecule has 4 heteroatoms. The lowest BCUT2D eigenvalue weighted by atomic mass is 9.94. The summed E-state index contributed by atoms with van der Waals surface area (Å²) in [5, 5.41) is 7.38. The molecule has 0 fully saturated rings. The van der Waals surface area contributed by atoms with E-state index in [4.69, 9.17) is 0 Å². The van der Waals surface area contributed by atoms with Crippen LogP contribution in [0.1, 0.15) is 48.5 Å². The first kappa shape index (κ1) is 15.5. The second-order valence-electron chi connectivity index (χ2n) is 6.13. The summed E-state index contributed by atoms with van der Waals surface area (Å²) in [5.74, 6) is -0.0525. The highest BCUT2D eigenvalue weighted by atomic mass is 16.1. The molecule has 1 unspecified atom stereocenters. The van der Waals surface area contributed by atoms with Crippen LogP contribution < -0.4 is 5.32 Å². The molecule has 1 atom stereocenters. The Hall–Kier alpha value is -2.36. The van der Waals surface area contributed by atoms with Crippen molar-refractivity contribution in [1.82, 2.24) is 15.1 Å². The minimum Gasteiger partial charge on any atom is -0.346 e. The summed E-state index contributed by atoms with van der Waals surface area (Å²) in [7, 11) is 0. The third kappa shape index (κ3) is 4.09. The lowest BCUT2D eigenvalue weighted by Crippen LogP contribution is -2.34. The van der Waals surface area contributed by atoms with Gasteiger partial charge in [0.2, 0.25) is 0 Å². The topological polar surface area (TPSA) is 46.9 Å². The smallest absolute Gasteiger partial charge is 0.254 e. The lowest BCUT2D eigenvalue weighted by molar-refractivity contribution is 0.0944. The highest BCUT2D eigenvalue weighted by molar-refractivity contribution is 5.94. The largest absolute Gasteiger partial charge is 0.346 e. The fourth-order valence-corrected chi connectivity index (χ4v) is 2.97. The van der Waals surface area contributed by atoms with E-state index in [-0.39, 0.29) is 11.9 Å². The molecular formula is C19H23N3O. The zero-order valence-electron chi connectivity index (χ0n) is 13.5. The highest BCUT2D eigenvalue weighted by Gasteiger charge is 2.16. The number of rotatable bonds is 5. The van der Waals surface area contributed by atoms with Crippen LogP contribution >= 0.6 is 0 Å². The van der Waals surface area contributed by atoms with Crippen molar-refractivity contribution in [3.8, 4) is 0 Å². The van der Waals surface area contributed by atoms with Crippen molar-refractivity contribution in [3.05, 3.63) is 65.5 Å². The average Bonchev–Trinajstić information content (AvgIpc) is 3.05. The molecule has 1 aromatic heterocycles. The maximum absolute atomic E-state index is 12.4. The highest BCUT2D eigenvalue weighted by Crippen LogP contribution is 2.20. The first-order chi connectivity index (χ1) is 11.2. The van der Waals surface area contributed by atoms with Crippen molar-refractivity contribution in [1.29, 1.82) is 0 Å². The van der Waals surface area contributed by atoms with E-state index in [0.29, 0.717) is 12.1 Å². The fourth-order valence-electron chi connectivity index (χ4n) is 2.97. The van der Waals surface area contributed by atoms with Gasteiger partial charge in [-0.25, -0.2) is 0 Å². The summed E-state index contributed by atoms with van der Waals surface area (Å²) in [5.41, 5.74) is 3.13. The zero-order chi connectivity index (χ0) is 16.1. The second-order valence-corrected chi connectivity index (χ2v) is 6.13. The number of hydrogen-bond acceptors (Lipinski definition) is 2. The first-order valence-corrected chi connectivity index (χ1v) is 8.28. The molecule has 1 aromatic carbocycles. The predicted molar refractivity (Wildman–Crippen MR) is 91.3 cm³/mol. The number of aromatic nitrogens is 2. The number of nitrogens with one attached hydrogen (secondary N) is 1. The van der Waals surface area contributed by atoms with Crippen LogP contribution in [-0.4, -0.2) is 21.7 Å². The number of allylic oxidation sites excluding steroid dienone is 1. The Balaban J connectivity index is 1.61. The summed E-state index contributed by atoms with van der Waals surface area (Å²) in [6, 6.07) is 10.2. The number of carbonyl (C=O) groups excluding carboxylic acids is 1.